The Morgan fingerprint density at radius 3 is 2.94 bits per heavy atom. The molecule has 0 bridgehead atoms. The van der Waals surface area contributed by atoms with Crippen molar-refractivity contribution in [2.24, 2.45) is 0 Å². The maximum absolute atomic E-state index is 13.1. The minimum atomic E-state index is -0.227. The van der Waals surface area contributed by atoms with E-state index < -0.39 is 0 Å². The van der Waals surface area contributed by atoms with Crippen LogP contribution >= 0.6 is 0 Å². The number of aliphatic hydroxyl groups excluding tert-OH is 1. The molecule has 1 heterocycles. The van der Waals surface area contributed by atoms with Crippen LogP contribution in [0.1, 0.15) is 17.7 Å². The Balaban J connectivity index is 2.21. The smallest absolute Gasteiger partial charge is 0.126 e. The Labute approximate surface area is 98.7 Å². The standard InChI is InChI=1S/C12H14FN3O/c1-9-7-11(4-5-12(9)13)16-8-10(14-15-16)3-2-6-17/h4-5,7-8,17H,2-3,6H2,1H3. The Kier molecular flexibility index (Phi) is 3.49. The van der Waals surface area contributed by atoms with Crippen LogP contribution in [-0.2, 0) is 6.42 Å². The molecule has 1 N–H and O–H groups in total. The Morgan fingerprint density at radius 1 is 1.41 bits per heavy atom. The molecule has 0 amide bonds. The summed E-state index contributed by atoms with van der Waals surface area (Å²) in [6.45, 7) is 1.85. The second-order valence-corrected chi connectivity index (χ2v) is 3.92. The van der Waals surface area contributed by atoms with Gasteiger partial charge in [0.1, 0.15) is 5.82 Å². The van der Waals surface area contributed by atoms with Crippen molar-refractivity contribution in [2.75, 3.05) is 6.61 Å². The predicted molar refractivity (Wildman–Crippen MR) is 61.5 cm³/mol. The number of rotatable bonds is 4. The van der Waals surface area contributed by atoms with E-state index in [-0.39, 0.29) is 12.4 Å². The number of hydrogen-bond acceptors (Lipinski definition) is 3. The topological polar surface area (TPSA) is 50.9 Å². The van der Waals surface area contributed by atoms with Crippen LogP contribution in [-0.4, -0.2) is 26.7 Å². The van der Waals surface area contributed by atoms with Crippen molar-refractivity contribution < 1.29 is 9.50 Å². The van der Waals surface area contributed by atoms with Gasteiger partial charge >= 0.3 is 0 Å². The molecule has 0 saturated heterocycles. The highest BCUT2D eigenvalue weighted by atomic mass is 19.1. The van der Waals surface area contributed by atoms with Crippen LogP contribution in [0.5, 0.6) is 0 Å². The van der Waals surface area contributed by atoms with E-state index in [1.165, 1.54) is 6.07 Å². The molecule has 0 atom stereocenters. The van der Waals surface area contributed by atoms with Crippen LogP contribution in [0.2, 0.25) is 0 Å². The summed E-state index contributed by atoms with van der Waals surface area (Å²) < 4.78 is 14.7. The van der Waals surface area contributed by atoms with Crippen LogP contribution in [0.25, 0.3) is 5.69 Å². The first kappa shape index (κ1) is 11.7. The van der Waals surface area contributed by atoms with Gasteiger partial charge in [0.2, 0.25) is 0 Å². The second-order valence-electron chi connectivity index (χ2n) is 3.92. The number of aromatic nitrogens is 3. The van der Waals surface area contributed by atoms with Gasteiger partial charge in [-0.25, -0.2) is 9.07 Å². The first-order valence-corrected chi connectivity index (χ1v) is 5.49. The zero-order valence-corrected chi connectivity index (χ0v) is 9.60. The second kappa shape index (κ2) is 5.05. The van der Waals surface area contributed by atoms with Crippen molar-refractivity contribution in [1.29, 1.82) is 0 Å². The van der Waals surface area contributed by atoms with E-state index >= 15 is 0 Å². The van der Waals surface area contributed by atoms with Crippen molar-refractivity contribution in [3.05, 3.63) is 41.5 Å². The van der Waals surface area contributed by atoms with Gasteiger partial charge in [-0.2, -0.15) is 0 Å². The number of nitrogens with zero attached hydrogens (tertiary/aromatic N) is 3. The average Bonchev–Trinajstić information content (AvgIpc) is 2.79. The highest BCUT2D eigenvalue weighted by Gasteiger charge is 2.04. The maximum Gasteiger partial charge on any atom is 0.126 e. The molecule has 90 valence electrons. The first-order valence-electron chi connectivity index (χ1n) is 5.49. The fourth-order valence-corrected chi connectivity index (χ4v) is 1.57. The van der Waals surface area contributed by atoms with Crippen molar-refractivity contribution in [1.82, 2.24) is 15.0 Å². The summed E-state index contributed by atoms with van der Waals surface area (Å²) >= 11 is 0. The highest BCUT2D eigenvalue weighted by Crippen LogP contribution is 2.13. The van der Waals surface area contributed by atoms with Gasteiger partial charge in [-0.1, -0.05) is 5.21 Å². The summed E-state index contributed by atoms with van der Waals surface area (Å²) in [6, 6.07) is 4.80. The van der Waals surface area contributed by atoms with Gasteiger partial charge in [0.15, 0.2) is 0 Å². The van der Waals surface area contributed by atoms with Crippen LogP contribution in [0.3, 0.4) is 0 Å². The van der Waals surface area contributed by atoms with Crippen molar-refractivity contribution in [2.45, 2.75) is 19.8 Å². The maximum atomic E-state index is 13.1. The van der Waals surface area contributed by atoms with E-state index in [9.17, 15) is 4.39 Å². The molecule has 2 rings (SSSR count). The molecule has 0 unspecified atom stereocenters. The minimum Gasteiger partial charge on any atom is -0.396 e. The summed E-state index contributed by atoms with van der Waals surface area (Å²) in [4.78, 5) is 0. The molecular formula is C12H14FN3O. The predicted octanol–water partition coefficient (Wildman–Crippen LogP) is 1.64. The zero-order valence-electron chi connectivity index (χ0n) is 9.60. The van der Waals surface area contributed by atoms with Crippen LogP contribution in [0, 0.1) is 12.7 Å². The number of hydrogen-bond donors (Lipinski definition) is 1. The highest BCUT2D eigenvalue weighted by molar-refractivity contribution is 5.35. The van der Waals surface area contributed by atoms with Gasteiger partial charge in [-0.15, -0.1) is 5.10 Å². The molecule has 5 heteroatoms. The molecule has 4 nitrogen and oxygen atoms in total. The van der Waals surface area contributed by atoms with Crippen LogP contribution in [0.4, 0.5) is 4.39 Å². The molecule has 1 aromatic carbocycles. The summed E-state index contributed by atoms with van der Waals surface area (Å²) in [5.41, 5.74) is 2.18. The number of benzene rings is 1. The Morgan fingerprint density at radius 2 is 2.24 bits per heavy atom. The SMILES string of the molecule is Cc1cc(-n2cc(CCCO)nn2)ccc1F. The third-order valence-corrected chi connectivity index (χ3v) is 2.54. The number of aliphatic hydroxyl groups is 1. The fourth-order valence-electron chi connectivity index (χ4n) is 1.57. The van der Waals surface area contributed by atoms with Crippen LogP contribution < -0.4 is 0 Å². The fraction of sp³-hybridized carbons (Fsp3) is 0.333. The lowest BCUT2D eigenvalue weighted by Crippen LogP contribution is -1.96. The first-order chi connectivity index (χ1) is 8.20. The van der Waals surface area contributed by atoms with Crippen molar-refractivity contribution in [3.8, 4) is 5.69 Å². The summed E-state index contributed by atoms with van der Waals surface area (Å²) in [7, 11) is 0. The molecule has 2 aromatic rings. The van der Waals surface area contributed by atoms with Gasteiger partial charge in [-0.3, -0.25) is 0 Å². The van der Waals surface area contributed by atoms with E-state index in [2.05, 4.69) is 10.3 Å². The summed E-state index contributed by atoms with van der Waals surface area (Å²) in [5, 5.41) is 16.7. The molecule has 0 spiro atoms. The number of aryl methyl sites for hydroxylation is 2. The molecule has 0 aliphatic rings. The third kappa shape index (κ3) is 2.68. The normalized spacial score (nSPS) is 10.8. The van der Waals surface area contributed by atoms with E-state index in [4.69, 9.17) is 5.11 Å². The minimum absolute atomic E-state index is 0.141. The molecule has 0 radical (unpaired) electrons. The van der Waals surface area contributed by atoms with Gasteiger partial charge in [0.05, 0.1) is 17.6 Å². The third-order valence-electron chi connectivity index (χ3n) is 2.54. The molecule has 1 aromatic heterocycles. The van der Waals surface area contributed by atoms with E-state index in [0.29, 0.717) is 18.4 Å². The quantitative estimate of drug-likeness (QED) is 0.876. The summed E-state index contributed by atoms with van der Waals surface area (Å²) in [6.07, 6.45) is 3.15. The van der Waals surface area contributed by atoms with Gasteiger partial charge in [0, 0.05) is 6.61 Å². The zero-order chi connectivity index (χ0) is 12.3. The largest absolute Gasteiger partial charge is 0.396 e. The lowest BCUT2D eigenvalue weighted by molar-refractivity contribution is 0.288. The van der Waals surface area contributed by atoms with Crippen LogP contribution in [0.15, 0.2) is 24.4 Å². The van der Waals surface area contributed by atoms with E-state index in [1.807, 2.05) is 0 Å². The average molecular weight is 235 g/mol. The van der Waals surface area contributed by atoms with E-state index in [1.54, 1.807) is 29.9 Å². The molecular weight excluding hydrogens is 221 g/mol. The van der Waals surface area contributed by atoms with Gasteiger partial charge in [-0.05, 0) is 43.5 Å². The molecule has 0 saturated carbocycles. The molecule has 17 heavy (non-hydrogen) atoms. The van der Waals surface area contributed by atoms with Crippen molar-refractivity contribution in [3.63, 3.8) is 0 Å². The molecule has 0 fully saturated rings. The molecule has 0 aliphatic heterocycles. The summed E-state index contributed by atoms with van der Waals surface area (Å²) in [5.74, 6) is -0.227. The Bertz CT molecular complexity index is 510. The van der Waals surface area contributed by atoms with E-state index in [0.717, 1.165) is 11.4 Å². The lowest BCUT2D eigenvalue weighted by Gasteiger charge is -2.01. The van der Waals surface area contributed by atoms with Crippen molar-refractivity contribution >= 4 is 0 Å². The van der Waals surface area contributed by atoms with Gasteiger partial charge in [0.25, 0.3) is 0 Å². The lowest BCUT2D eigenvalue weighted by atomic mass is 10.2. The Hall–Kier alpha value is -1.75. The number of halogens is 1. The monoisotopic (exact) mass is 235 g/mol. The van der Waals surface area contributed by atoms with Gasteiger partial charge < -0.3 is 5.11 Å². The molecule has 0 aliphatic carbocycles.